The summed E-state index contributed by atoms with van der Waals surface area (Å²) < 4.78 is 2.32. The van der Waals surface area contributed by atoms with E-state index in [4.69, 9.17) is 16.6 Å². The van der Waals surface area contributed by atoms with Crippen molar-refractivity contribution in [2.75, 3.05) is 5.88 Å². The van der Waals surface area contributed by atoms with Crippen LogP contribution >= 0.6 is 11.6 Å². The molecule has 1 aliphatic carbocycles. The molecule has 0 aromatic carbocycles. The molecular weight excluding hydrogens is 282 g/mol. The molecule has 1 aliphatic rings. The normalized spacial score (nSPS) is 22.8. The maximum absolute atomic E-state index is 5.96. The van der Waals surface area contributed by atoms with Gasteiger partial charge in [0.25, 0.3) is 0 Å². The van der Waals surface area contributed by atoms with Crippen molar-refractivity contribution in [3.8, 4) is 0 Å². The molecule has 2 atom stereocenters. The molecule has 0 spiro atoms. The van der Waals surface area contributed by atoms with E-state index < -0.39 is 0 Å². The third-order valence-electron chi connectivity index (χ3n) is 4.83. The van der Waals surface area contributed by atoms with Gasteiger partial charge in [-0.05, 0) is 36.8 Å². The zero-order valence-corrected chi connectivity index (χ0v) is 13.7. The summed E-state index contributed by atoms with van der Waals surface area (Å²) in [6.07, 6.45) is 8.18. The number of halogens is 1. The van der Waals surface area contributed by atoms with Gasteiger partial charge in [-0.1, -0.05) is 26.2 Å². The summed E-state index contributed by atoms with van der Waals surface area (Å²) in [5.74, 6) is 3.25. The summed E-state index contributed by atoms with van der Waals surface area (Å²) in [4.78, 5) is 9.40. The molecule has 0 saturated heterocycles. The van der Waals surface area contributed by atoms with Crippen LogP contribution in [-0.4, -0.2) is 20.4 Å². The van der Waals surface area contributed by atoms with Crippen LogP contribution in [0.1, 0.15) is 44.0 Å². The molecule has 2 unspecified atom stereocenters. The lowest BCUT2D eigenvalue weighted by Gasteiger charge is -2.29. The number of alkyl halides is 1. The minimum atomic E-state index is 0.614. The first-order valence-corrected chi connectivity index (χ1v) is 8.60. The summed E-state index contributed by atoms with van der Waals surface area (Å²) in [6.45, 7) is 5.50. The van der Waals surface area contributed by atoms with Gasteiger partial charge in [0.2, 0.25) is 0 Å². The van der Waals surface area contributed by atoms with Crippen LogP contribution in [0.5, 0.6) is 0 Å². The van der Waals surface area contributed by atoms with E-state index in [1.165, 1.54) is 25.7 Å². The van der Waals surface area contributed by atoms with Crippen molar-refractivity contribution in [3.63, 3.8) is 0 Å². The summed E-state index contributed by atoms with van der Waals surface area (Å²) in [5.41, 5.74) is 3.20. The predicted octanol–water partition coefficient (Wildman–Crippen LogP) is 4.35. The summed E-state index contributed by atoms with van der Waals surface area (Å²) >= 11 is 5.96. The van der Waals surface area contributed by atoms with E-state index in [9.17, 15) is 0 Å². The van der Waals surface area contributed by atoms with Crippen molar-refractivity contribution in [1.82, 2.24) is 14.5 Å². The molecule has 1 fully saturated rings. The molecule has 2 heterocycles. The maximum atomic E-state index is 5.96. The third kappa shape index (κ3) is 3.08. The predicted molar refractivity (Wildman–Crippen MR) is 87.8 cm³/mol. The molecule has 114 valence electrons. The zero-order chi connectivity index (χ0) is 14.8. The number of fused-ring (bicyclic) bond motifs is 1. The van der Waals surface area contributed by atoms with Crippen molar-refractivity contribution in [2.24, 2.45) is 11.8 Å². The number of hydrogen-bond acceptors (Lipinski definition) is 2. The van der Waals surface area contributed by atoms with E-state index in [1.807, 2.05) is 6.20 Å². The number of imidazole rings is 1. The quantitative estimate of drug-likeness (QED) is 0.786. The highest BCUT2D eigenvalue weighted by atomic mass is 35.5. The van der Waals surface area contributed by atoms with Crippen LogP contribution in [0.3, 0.4) is 0 Å². The molecule has 0 N–H and O–H groups in total. The molecular formula is C17H24ClN3. The number of hydrogen-bond donors (Lipinski definition) is 0. The fourth-order valence-electron chi connectivity index (χ4n) is 3.52. The van der Waals surface area contributed by atoms with Crippen LogP contribution in [0.4, 0.5) is 0 Å². The fraction of sp³-hybridized carbons (Fsp3) is 0.647. The van der Waals surface area contributed by atoms with Gasteiger partial charge in [-0.3, -0.25) is 0 Å². The van der Waals surface area contributed by atoms with Gasteiger partial charge >= 0.3 is 0 Å². The monoisotopic (exact) mass is 305 g/mol. The fourth-order valence-corrected chi connectivity index (χ4v) is 3.69. The molecule has 2 aromatic rings. The van der Waals surface area contributed by atoms with Gasteiger partial charge in [-0.15, -0.1) is 11.6 Å². The lowest BCUT2D eigenvalue weighted by atomic mass is 9.80. The number of nitrogens with zero attached hydrogens (tertiary/aromatic N) is 3. The first kappa shape index (κ1) is 14.8. The van der Waals surface area contributed by atoms with Crippen molar-refractivity contribution in [3.05, 3.63) is 23.7 Å². The largest absolute Gasteiger partial charge is 0.312 e. The highest BCUT2D eigenvalue weighted by molar-refractivity contribution is 6.17. The molecule has 21 heavy (non-hydrogen) atoms. The Morgan fingerprint density at radius 2 is 2.14 bits per heavy atom. The van der Waals surface area contributed by atoms with Crippen LogP contribution < -0.4 is 0 Å². The highest BCUT2D eigenvalue weighted by Gasteiger charge is 2.23. The SMILES string of the molecule is Cc1cnc2c(c1)nc(CCCl)n2CC1CCCCC1C. The Kier molecular flexibility index (Phi) is 4.48. The molecule has 3 rings (SSSR count). The van der Waals surface area contributed by atoms with Gasteiger partial charge in [0.15, 0.2) is 5.65 Å². The lowest BCUT2D eigenvalue weighted by Crippen LogP contribution is -2.23. The van der Waals surface area contributed by atoms with Crippen LogP contribution in [0.2, 0.25) is 0 Å². The topological polar surface area (TPSA) is 30.7 Å². The van der Waals surface area contributed by atoms with Crippen LogP contribution in [0.15, 0.2) is 12.3 Å². The Balaban J connectivity index is 1.96. The molecule has 0 bridgehead atoms. The van der Waals surface area contributed by atoms with Gasteiger partial charge in [-0.2, -0.15) is 0 Å². The van der Waals surface area contributed by atoms with Gasteiger partial charge < -0.3 is 4.57 Å². The molecule has 1 saturated carbocycles. The van der Waals surface area contributed by atoms with E-state index in [2.05, 4.69) is 29.5 Å². The maximum Gasteiger partial charge on any atom is 0.160 e. The molecule has 4 heteroatoms. The first-order valence-electron chi connectivity index (χ1n) is 8.06. The second-order valence-corrected chi connectivity index (χ2v) is 6.83. The Morgan fingerprint density at radius 3 is 2.90 bits per heavy atom. The van der Waals surface area contributed by atoms with Crippen LogP contribution in [0.25, 0.3) is 11.2 Å². The average molecular weight is 306 g/mol. The number of rotatable bonds is 4. The van der Waals surface area contributed by atoms with Gasteiger partial charge in [-0.25, -0.2) is 9.97 Å². The van der Waals surface area contributed by atoms with Crippen molar-refractivity contribution < 1.29 is 0 Å². The van der Waals surface area contributed by atoms with Crippen molar-refractivity contribution in [1.29, 1.82) is 0 Å². The number of aromatic nitrogens is 3. The Labute approximate surface area is 131 Å². The van der Waals surface area contributed by atoms with E-state index in [-0.39, 0.29) is 0 Å². The standard InChI is InChI=1S/C17H24ClN3/c1-12-9-15-17(19-10-12)21(16(20-15)7-8-18)11-14-6-4-3-5-13(14)2/h9-10,13-14H,3-8,11H2,1-2H3. The highest BCUT2D eigenvalue weighted by Crippen LogP contribution is 2.32. The summed E-state index contributed by atoms with van der Waals surface area (Å²) in [7, 11) is 0. The molecule has 0 amide bonds. The zero-order valence-electron chi connectivity index (χ0n) is 13.0. The van der Waals surface area contributed by atoms with E-state index >= 15 is 0 Å². The number of pyridine rings is 1. The van der Waals surface area contributed by atoms with Gasteiger partial charge in [0, 0.05) is 25.0 Å². The Morgan fingerprint density at radius 1 is 1.33 bits per heavy atom. The van der Waals surface area contributed by atoms with Gasteiger partial charge in [0.1, 0.15) is 11.3 Å². The third-order valence-corrected chi connectivity index (χ3v) is 5.01. The average Bonchev–Trinajstić information content (AvgIpc) is 2.79. The van der Waals surface area contributed by atoms with Crippen LogP contribution in [-0.2, 0) is 13.0 Å². The summed E-state index contributed by atoms with van der Waals surface area (Å²) in [6, 6.07) is 2.13. The molecule has 2 aromatic heterocycles. The molecule has 3 nitrogen and oxygen atoms in total. The van der Waals surface area contributed by atoms with Gasteiger partial charge in [0.05, 0.1) is 0 Å². The molecule has 0 radical (unpaired) electrons. The Hall–Kier alpha value is -1.09. The second kappa shape index (κ2) is 6.35. The lowest BCUT2D eigenvalue weighted by molar-refractivity contribution is 0.228. The van der Waals surface area contributed by atoms with E-state index in [0.29, 0.717) is 5.88 Å². The first-order chi connectivity index (χ1) is 10.2. The molecule has 0 aliphatic heterocycles. The second-order valence-electron chi connectivity index (χ2n) is 6.45. The number of aryl methyl sites for hydroxylation is 2. The smallest absolute Gasteiger partial charge is 0.160 e. The van der Waals surface area contributed by atoms with Crippen molar-refractivity contribution >= 4 is 22.8 Å². The minimum Gasteiger partial charge on any atom is -0.312 e. The van der Waals surface area contributed by atoms with E-state index in [1.54, 1.807) is 0 Å². The Bertz CT molecular complexity index is 620. The van der Waals surface area contributed by atoms with Crippen molar-refractivity contribution in [2.45, 2.75) is 52.5 Å². The van der Waals surface area contributed by atoms with Crippen LogP contribution in [0, 0.1) is 18.8 Å². The van der Waals surface area contributed by atoms with E-state index in [0.717, 1.165) is 47.4 Å². The minimum absolute atomic E-state index is 0.614. The summed E-state index contributed by atoms with van der Waals surface area (Å²) in [5, 5.41) is 0.